The third kappa shape index (κ3) is 2.68. The van der Waals surface area contributed by atoms with E-state index in [4.69, 9.17) is 9.73 Å². The summed E-state index contributed by atoms with van der Waals surface area (Å²) in [6.07, 6.45) is 11.9. The zero-order valence-electron chi connectivity index (χ0n) is 14.5. The molecule has 0 aromatic carbocycles. The molecule has 1 saturated heterocycles. The fourth-order valence-corrected chi connectivity index (χ4v) is 6.17. The summed E-state index contributed by atoms with van der Waals surface area (Å²) in [6.45, 7) is 3.93. The zero-order chi connectivity index (χ0) is 15.9. The van der Waals surface area contributed by atoms with Gasteiger partial charge >= 0.3 is 0 Å². The van der Waals surface area contributed by atoms with Gasteiger partial charge in [0.1, 0.15) is 0 Å². The van der Waals surface area contributed by atoms with Crippen LogP contribution in [0.15, 0.2) is 4.99 Å². The van der Waals surface area contributed by atoms with E-state index in [-0.39, 0.29) is 0 Å². The lowest BCUT2D eigenvalue weighted by Gasteiger charge is -2.63. The Labute approximate surface area is 144 Å². The molecular weight excluding hydrogens is 306 g/mol. The van der Waals surface area contributed by atoms with E-state index in [0.29, 0.717) is 29.5 Å². The van der Waals surface area contributed by atoms with Gasteiger partial charge in [-0.1, -0.05) is 6.42 Å². The predicted octanol–water partition coefficient (Wildman–Crippen LogP) is 2.78. The van der Waals surface area contributed by atoms with E-state index in [0.717, 1.165) is 24.4 Å². The highest BCUT2D eigenvalue weighted by molar-refractivity contribution is 7.99. The summed E-state index contributed by atoms with van der Waals surface area (Å²) in [4.78, 5) is 4.75. The molecule has 23 heavy (non-hydrogen) atoms. The SMILES string of the molecule is CCN=C(NC1CCC(SC)C1)NC1C2CCOC2C12CCC2. The van der Waals surface area contributed by atoms with Gasteiger partial charge in [-0.15, -0.1) is 0 Å². The lowest BCUT2D eigenvalue weighted by Crippen LogP contribution is -2.72. The first kappa shape index (κ1) is 16.1. The number of aliphatic imine (C=N–C) groups is 1. The van der Waals surface area contributed by atoms with Gasteiger partial charge < -0.3 is 15.4 Å². The fourth-order valence-electron chi connectivity index (χ4n) is 5.37. The van der Waals surface area contributed by atoms with Gasteiger partial charge in [-0.05, 0) is 51.7 Å². The normalized spacial score (nSPS) is 41.3. The first-order valence-electron chi connectivity index (χ1n) is 9.48. The van der Waals surface area contributed by atoms with Gasteiger partial charge in [0.15, 0.2) is 5.96 Å². The van der Waals surface area contributed by atoms with E-state index in [1.165, 1.54) is 44.9 Å². The standard InChI is InChI=1S/C18H31N3OS/c1-3-19-17(20-12-5-6-13(11-12)23-2)21-15-14-7-10-22-16(14)18(15)8-4-9-18/h12-16H,3-11H2,1-2H3,(H2,19,20,21). The average Bonchev–Trinajstić information content (AvgIpc) is 3.11. The predicted molar refractivity (Wildman–Crippen MR) is 97.1 cm³/mol. The first-order chi connectivity index (χ1) is 11.3. The first-order valence-corrected chi connectivity index (χ1v) is 10.8. The molecular formula is C18H31N3OS. The van der Waals surface area contributed by atoms with E-state index in [1.807, 2.05) is 11.8 Å². The molecule has 5 atom stereocenters. The van der Waals surface area contributed by atoms with Crippen molar-refractivity contribution in [2.45, 2.75) is 75.3 Å². The molecule has 0 aromatic heterocycles. The van der Waals surface area contributed by atoms with Crippen LogP contribution < -0.4 is 10.6 Å². The minimum absolute atomic E-state index is 0.425. The van der Waals surface area contributed by atoms with Crippen LogP contribution in [0.5, 0.6) is 0 Å². The molecule has 4 fully saturated rings. The fraction of sp³-hybridized carbons (Fsp3) is 0.944. The maximum Gasteiger partial charge on any atom is 0.191 e. The molecule has 4 aliphatic rings. The second kappa shape index (κ2) is 6.47. The maximum atomic E-state index is 6.04. The molecule has 0 radical (unpaired) electrons. The number of hydrogen-bond donors (Lipinski definition) is 2. The molecule has 2 N–H and O–H groups in total. The molecule has 0 amide bonds. The van der Waals surface area contributed by atoms with Crippen molar-refractivity contribution >= 4 is 17.7 Å². The summed E-state index contributed by atoms with van der Waals surface area (Å²) in [6, 6.07) is 1.18. The smallest absolute Gasteiger partial charge is 0.191 e. The van der Waals surface area contributed by atoms with E-state index in [1.54, 1.807) is 0 Å². The average molecular weight is 338 g/mol. The Morgan fingerprint density at radius 1 is 1.26 bits per heavy atom. The van der Waals surface area contributed by atoms with Gasteiger partial charge in [0.25, 0.3) is 0 Å². The number of rotatable bonds is 4. The van der Waals surface area contributed by atoms with Crippen LogP contribution in [-0.4, -0.2) is 48.8 Å². The minimum atomic E-state index is 0.425. The Balaban J connectivity index is 1.40. The molecule has 3 saturated carbocycles. The number of ether oxygens (including phenoxy) is 1. The van der Waals surface area contributed by atoms with Crippen LogP contribution >= 0.6 is 11.8 Å². The van der Waals surface area contributed by atoms with Gasteiger partial charge in [-0.2, -0.15) is 11.8 Å². The molecule has 5 heteroatoms. The van der Waals surface area contributed by atoms with E-state index in [9.17, 15) is 0 Å². The topological polar surface area (TPSA) is 45.7 Å². The Bertz CT molecular complexity index is 465. The second-order valence-electron chi connectivity index (χ2n) is 7.79. The van der Waals surface area contributed by atoms with Gasteiger partial charge in [0.05, 0.1) is 6.10 Å². The summed E-state index contributed by atoms with van der Waals surface area (Å²) in [5, 5.41) is 8.39. The van der Waals surface area contributed by atoms with Gasteiger partial charge in [0, 0.05) is 41.8 Å². The molecule has 1 heterocycles. The molecule has 1 aliphatic heterocycles. The Morgan fingerprint density at radius 2 is 2.13 bits per heavy atom. The summed E-state index contributed by atoms with van der Waals surface area (Å²) in [5.41, 5.74) is 0.425. The largest absolute Gasteiger partial charge is 0.377 e. The summed E-state index contributed by atoms with van der Waals surface area (Å²) >= 11 is 2.01. The van der Waals surface area contributed by atoms with Crippen molar-refractivity contribution in [3.8, 4) is 0 Å². The summed E-state index contributed by atoms with van der Waals surface area (Å²) < 4.78 is 6.04. The third-order valence-corrected chi connectivity index (χ3v) is 7.80. The molecule has 0 bridgehead atoms. The van der Waals surface area contributed by atoms with Crippen molar-refractivity contribution in [2.24, 2.45) is 16.3 Å². The number of thioether (sulfide) groups is 1. The van der Waals surface area contributed by atoms with Gasteiger partial charge in [-0.25, -0.2) is 0 Å². The number of nitrogens with zero attached hydrogens (tertiary/aromatic N) is 1. The molecule has 5 unspecified atom stereocenters. The number of hydrogen-bond acceptors (Lipinski definition) is 3. The number of fused-ring (bicyclic) bond motifs is 2. The van der Waals surface area contributed by atoms with Crippen LogP contribution in [0.25, 0.3) is 0 Å². The molecule has 0 aromatic rings. The molecule has 1 spiro atoms. The van der Waals surface area contributed by atoms with Crippen molar-refractivity contribution in [1.82, 2.24) is 10.6 Å². The van der Waals surface area contributed by atoms with Crippen LogP contribution in [0.1, 0.15) is 51.9 Å². The highest BCUT2D eigenvalue weighted by atomic mass is 32.2. The summed E-state index contributed by atoms with van der Waals surface area (Å²) in [7, 11) is 0. The van der Waals surface area contributed by atoms with Crippen molar-refractivity contribution in [3.05, 3.63) is 0 Å². The maximum absolute atomic E-state index is 6.04. The summed E-state index contributed by atoms with van der Waals surface area (Å²) in [5.74, 6) is 1.77. The van der Waals surface area contributed by atoms with Crippen LogP contribution in [-0.2, 0) is 4.74 Å². The highest BCUT2D eigenvalue weighted by Gasteiger charge is 2.66. The van der Waals surface area contributed by atoms with E-state index >= 15 is 0 Å². The lowest BCUT2D eigenvalue weighted by molar-refractivity contribution is -0.171. The molecule has 130 valence electrons. The van der Waals surface area contributed by atoms with Crippen LogP contribution in [0.3, 0.4) is 0 Å². The third-order valence-electron chi connectivity index (χ3n) is 6.70. The molecule has 4 nitrogen and oxygen atoms in total. The Morgan fingerprint density at radius 3 is 2.78 bits per heavy atom. The van der Waals surface area contributed by atoms with Crippen LogP contribution in [0, 0.1) is 11.3 Å². The highest BCUT2D eigenvalue weighted by Crippen LogP contribution is 2.62. The van der Waals surface area contributed by atoms with Crippen LogP contribution in [0.4, 0.5) is 0 Å². The number of nitrogens with one attached hydrogen (secondary N) is 2. The van der Waals surface area contributed by atoms with Crippen LogP contribution in [0.2, 0.25) is 0 Å². The van der Waals surface area contributed by atoms with Gasteiger partial charge in [0.2, 0.25) is 0 Å². The molecule has 4 rings (SSSR count). The molecule has 3 aliphatic carbocycles. The zero-order valence-corrected chi connectivity index (χ0v) is 15.3. The monoisotopic (exact) mass is 337 g/mol. The number of guanidine groups is 1. The van der Waals surface area contributed by atoms with Crippen molar-refractivity contribution in [2.75, 3.05) is 19.4 Å². The van der Waals surface area contributed by atoms with Gasteiger partial charge in [-0.3, -0.25) is 4.99 Å². The quantitative estimate of drug-likeness (QED) is 0.612. The van der Waals surface area contributed by atoms with Crippen molar-refractivity contribution in [3.63, 3.8) is 0 Å². The van der Waals surface area contributed by atoms with E-state index < -0.39 is 0 Å². The van der Waals surface area contributed by atoms with Crippen molar-refractivity contribution in [1.29, 1.82) is 0 Å². The van der Waals surface area contributed by atoms with E-state index in [2.05, 4.69) is 23.8 Å². The lowest BCUT2D eigenvalue weighted by atomic mass is 9.46. The Hall–Kier alpha value is -0.420. The van der Waals surface area contributed by atoms with Crippen molar-refractivity contribution < 1.29 is 4.74 Å². The minimum Gasteiger partial charge on any atom is -0.377 e. The second-order valence-corrected chi connectivity index (χ2v) is 8.93. The Kier molecular flexibility index (Phi) is 4.52.